The highest BCUT2D eigenvalue weighted by Crippen LogP contribution is 2.24. The minimum Gasteiger partial charge on any atom is -0.489 e. The van der Waals surface area contributed by atoms with Crippen LogP contribution in [-0.2, 0) is 13.2 Å². The molecule has 31 heavy (non-hydrogen) atoms. The molecule has 1 aromatic heterocycles. The monoisotopic (exact) mass is 474 g/mol. The molecule has 0 spiro atoms. The summed E-state index contributed by atoms with van der Waals surface area (Å²) in [5.74, 6) is 0.873. The van der Waals surface area contributed by atoms with E-state index in [1.54, 1.807) is 0 Å². The molecular formula is C24H24Cl2N2O2S. The van der Waals surface area contributed by atoms with Crippen molar-refractivity contribution in [2.75, 3.05) is 26.2 Å². The molecule has 1 aliphatic rings. The zero-order valence-electron chi connectivity index (χ0n) is 17.3. The molecule has 2 aromatic carbocycles. The van der Waals surface area contributed by atoms with Gasteiger partial charge in [0.1, 0.15) is 12.4 Å². The van der Waals surface area contributed by atoms with Gasteiger partial charge in [0.15, 0.2) is 0 Å². The van der Waals surface area contributed by atoms with Gasteiger partial charge in [0, 0.05) is 48.3 Å². The van der Waals surface area contributed by atoms with Gasteiger partial charge in [-0.3, -0.25) is 9.69 Å². The van der Waals surface area contributed by atoms with E-state index in [0.717, 1.165) is 64.5 Å². The summed E-state index contributed by atoms with van der Waals surface area (Å²) in [7, 11) is 0. The molecule has 1 fully saturated rings. The van der Waals surface area contributed by atoms with Crippen LogP contribution in [0.25, 0.3) is 0 Å². The highest BCUT2D eigenvalue weighted by Gasteiger charge is 2.23. The topological polar surface area (TPSA) is 32.8 Å². The Morgan fingerprint density at radius 2 is 1.84 bits per heavy atom. The maximum atomic E-state index is 12.9. The van der Waals surface area contributed by atoms with Gasteiger partial charge >= 0.3 is 0 Å². The van der Waals surface area contributed by atoms with Gasteiger partial charge in [-0.15, -0.1) is 11.3 Å². The lowest BCUT2D eigenvalue weighted by molar-refractivity contribution is 0.0633. The van der Waals surface area contributed by atoms with Crippen LogP contribution in [0.3, 0.4) is 0 Å². The van der Waals surface area contributed by atoms with Crippen LogP contribution in [0.1, 0.15) is 26.4 Å². The van der Waals surface area contributed by atoms with Crippen LogP contribution in [0.4, 0.5) is 0 Å². The summed E-state index contributed by atoms with van der Waals surface area (Å²) in [5.41, 5.74) is 3.18. The largest absolute Gasteiger partial charge is 0.489 e. The molecule has 0 saturated carbocycles. The molecule has 3 aromatic rings. The van der Waals surface area contributed by atoms with Crippen LogP contribution in [0, 0.1) is 6.92 Å². The maximum absolute atomic E-state index is 12.9. The van der Waals surface area contributed by atoms with Crippen LogP contribution in [0.2, 0.25) is 10.0 Å². The zero-order valence-corrected chi connectivity index (χ0v) is 19.6. The van der Waals surface area contributed by atoms with E-state index in [4.69, 9.17) is 27.9 Å². The van der Waals surface area contributed by atoms with Crippen molar-refractivity contribution in [2.24, 2.45) is 0 Å². The molecule has 0 unspecified atom stereocenters. The summed E-state index contributed by atoms with van der Waals surface area (Å²) in [5, 5.41) is 3.48. The van der Waals surface area contributed by atoms with Gasteiger partial charge in [0.2, 0.25) is 0 Å². The highest BCUT2D eigenvalue weighted by atomic mass is 35.5. The van der Waals surface area contributed by atoms with E-state index >= 15 is 0 Å². The Labute approximate surface area is 197 Å². The Morgan fingerprint density at radius 3 is 2.58 bits per heavy atom. The molecule has 4 rings (SSSR count). The van der Waals surface area contributed by atoms with Crippen LogP contribution >= 0.6 is 34.5 Å². The molecule has 0 N–H and O–H groups in total. The Bertz CT molecular complexity index is 1060. The number of benzene rings is 2. The first-order chi connectivity index (χ1) is 15.0. The third-order valence-corrected chi connectivity index (χ3v) is 6.98. The van der Waals surface area contributed by atoms with Gasteiger partial charge in [-0.2, -0.15) is 0 Å². The van der Waals surface area contributed by atoms with Crippen molar-refractivity contribution in [3.63, 3.8) is 0 Å². The van der Waals surface area contributed by atoms with E-state index in [2.05, 4.69) is 11.0 Å². The fraction of sp³-hybridized carbons (Fsp3) is 0.292. The number of amides is 1. The van der Waals surface area contributed by atoms with Gasteiger partial charge in [0.05, 0.1) is 4.88 Å². The van der Waals surface area contributed by atoms with E-state index < -0.39 is 0 Å². The number of aryl methyl sites for hydroxylation is 1. The molecule has 7 heteroatoms. The second-order valence-corrected chi connectivity index (χ2v) is 9.47. The summed E-state index contributed by atoms with van der Waals surface area (Å²) in [6.45, 7) is 6.40. The number of nitrogens with zero attached hydrogens (tertiary/aromatic N) is 2. The predicted octanol–water partition coefficient (Wildman–Crippen LogP) is 5.90. The van der Waals surface area contributed by atoms with Crippen molar-refractivity contribution >= 4 is 40.4 Å². The molecule has 1 aliphatic heterocycles. The summed E-state index contributed by atoms with van der Waals surface area (Å²) >= 11 is 13.6. The molecule has 2 heterocycles. The minimum absolute atomic E-state index is 0.0981. The molecule has 1 saturated heterocycles. The zero-order chi connectivity index (χ0) is 21.8. The van der Waals surface area contributed by atoms with E-state index in [1.165, 1.54) is 16.9 Å². The van der Waals surface area contributed by atoms with Crippen molar-refractivity contribution in [3.8, 4) is 5.75 Å². The molecule has 4 nitrogen and oxygen atoms in total. The van der Waals surface area contributed by atoms with Gasteiger partial charge in [0.25, 0.3) is 5.91 Å². The Hall–Kier alpha value is -2.05. The van der Waals surface area contributed by atoms with Crippen LogP contribution < -0.4 is 4.74 Å². The number of halogens is 2. The lowest BCUT2D eigenvalue weighted by Crippen LogP contribution is -2.48. The average Bonchev–Trinajstić information content (AvgIpc) is 3.24. The third-order valence-electron chi connectivity index (χ3n) is 5.35. The first-order valence-corrected chi connectivity index (χ1v) is 11.8. The SMILES string of the molecule is Cc1cc(OCc2csc(C(=O)N3CCN(Cc4cccc(Cl)c4)CC3)c2)ccc1Cl. The van der Waals surface area contributed by atoms with Crippen molar-refractivity contribution < 1.29 is 9.53 Å². The number of piperazine rings is 1. The first kappa shape index (κ1) is 22.2. The molecule has 0 radical (unpaired) electrons. The highest BCUT2D eigenvalue weighted by molar-refractivity contribution is 7.12. The number of carbonyl (C=O) groups is 1. The number of hydrogen-bond donors (Lipinski definition) is 0. The van der Waals surface area contributed by atoms with Gasteiger partial charge in [-0.05, 0) is 59.8 Å². The summed E-state index contributed by atoms with van der Waals surface area (Å²) in [6, 6.07) is 15.5. The van der Waals surface area contributed by atoms with Crippen LogP contribution in [0.5, 0.6) is 5.75 Å². The number of thiophene rings is 1. The fourth-order valence-electron chi connectivity index (χ4n) is 3.60. The number of rotatable bonds is 6. The summed E-state index contributed by atoms with van der Waals surface area (Å²) in [4.78, 5) is 18.0. The van der Waals surface area contributed by atoms with Crippen molar-refractivity contribution in [1.82, 2.24) is 9.80 Å². The number of hydrogen-bond acceptors (Lipinski definition) is 4. The second kappa shape index (κ2) is 10.0. The van der Waals surface area contributed by atoms with Crippen molar-refractivity contribution in [2.45, 2.75) is 20.1 Å². The van der Waals surface area contributed by atoms with E-state index in [0.29, 0.717) is 6.61 Å². The average molecular weight is 475 g/mol. The molecule has 162 valence electrons. The van der Waals surface area contributed by atoms with Crippen molar-refractivity contribution in [3.05, 3.63) is 85.5 Å². The molecule has 0 atom stereocenters. The Morgan fingerprint density at radius 1 is 1.03 bits per heavy atom. The van der Waals surface area contributed by atoms with E-state index in [1.807, 2.05) is 59.7 Å². The lowest BCUT2D eigenvalue weighted by Gasteiger charge is -2.34. The molecular weight excluding hydrogens is 451 g/mol. The normalized spacial score (nSPS) is 14.6. The third kappa shape index (κ3) is 5.80. The van der Waals surface area contributed by atoms with E-state index in [-0.39, 0.29) is 5.91 Å². The fourth-order valence-corrected chi connectivity index (χ4v) is 4.79. The van der Waals surface area contributed by atoms with E-state index in [9.17, 15) is 4.79 Å². The lowest BCUT2D eigenvalue weighted by atomic mass is 10.2. The van der Waals surface area contributed by atoms with Gasteiger partial charge in [-0.1, -0.05) is 35.3 Å². The van der Waals surface area contributed by atoms with Gasteiger partial charge < -0.3 is 9.64 Å². The van der Waals surface area contributed by atoms with Gasteiger partial charge in [-0.25, -0.2) is 0 Å². The minimum atomic E-state index is 0.0981. The Kier molecular flexibility index (Phi) is 7.18. The smallest absolute Gasteiger partial charge is 0.264 e. The maximum Gasteiger partial charge on any atom is 0.264 e. The molecule has 1 amide bonds. The van der Waals surface area contributed by atoms with Crippen LogP contribution in [-0.4, -0.2) is 41.9 Å². The number of carbonyl (C=O) groups excluding carboxylic acids is 1. The summed E-state index contributed by atoms with van der Waals surface area (Å²) in [6.07, 6.45) is 0. The summed E-state index contributed by atoms with van der Waals surface area (Å²) < 4.78 is 5.85. The quantitative estimate of drug-likeness (QED) is 0.445. The molecule has 0 aliphatic carbocycles. The predicted molar refractivity (Wildman–Crippen MR) is 127 cm³/mol. The second-order valence-electron chi connectivity index (χ2n) is 7.72. The first-order valence-electron chi connectivity index (χ1n) is 10.2. The standard InChI is InChI=1S/C24H24Cl2N2O2S/c1-17-11-21(5-6-22(17)26)30-15-19-13-23(31-16-19)24(29)28-9-7-27(8-10-28)14-18-3-2-4-20(25)12-18/h2-6,11-13,16H,7-10,14-15H2,1H3. The Balaban J connectivity index is 1.28. The van der Waals surface area contributed by atoms with Crippen molar-refractivity contribution in [1.29, 1.82) is 0 Å². The number of ether oxygens (including phenoxy) is 1. The van der Waals surface area contributed by atoms with Crippen LogP contribution in [0.15, 0.2) is 53.9 Å². The molecule has 0 bridgehead atoms.